The first-order valence-corrected chi connectivity index (χ1v) is 13.7. The molecule has 0 radical (unpaired) electrons. The van der Waals surface area contributed by atoms with Crippen molar-refractivity contribution in [2.45, 2.75) is 45.1 Å². The first-order valence-electron chi connectivity index (χ1n) is 12.2. The zero-order valence-corrected chi connectivity index (χ0v) is 22.7. The van der Waals surface area contributed by atoms with E-state index in [0.717, 1.165) is 23.1 Å². The average Bonchev–Trinajstić information content (AvgIpc) is 2.84. The number of carboxylic acids is 1. The number of aliphatic carboxylic acids is 1. The van der Waals surface area contributed by atoms with E-state index < -0.39 is 28.6 Å². The second-order valence-corrected chi connectivity index (χ2v) is 10.7. The van der Waals surface area contributed by atoms with Gasteiger partial charge < -0.3 is 20.5 Å². The summed E-state index contributed by atoms with van der Waals surface area (Å²) >= 11 is 0. The topological polar surface area (TPSA) is 134 Å². The van der Waals surface area contributed by atoms with Gasteiger partial charge in [0.1, 0.15) is 12.4 Å². The predicted octanol–water partition coefficient (Wildman–Crippen LogP) is 4.62. The molecule has 1 atom stereocenters. The van der Waals surface area contributed by atoms with Gasteiger partial charge in [0.2, 0.25) is 10.0 Å². The van der Waals surface area contributed by atoms with Gasteiger partial charge in [0.05, 0.1) is 4.90 Å². The number of urea groups is 1. The zero-order valence-electron chi connectivity index (χ0n) is 21.9. The lowest BCUT2D eigenvalue weighted by molar-refractivity contribution is -0.139. The van der Waals surface area contributed by atoms with Crippen molar-refractivity contribution in [3.05, 3.63) is 77.4 Å². The van der Waals surface area contributed by atoms with Gasteiger partial charge in [0.15, 0.2) is 6.04 Å². The number of aryl methyl sites for hydroxylation is 3. The molecule has 3 aromatic carbocycles. The third-order valence-electron chi connectivity index (χ3n) is 5.73. The number of nitrogens with one attached hydrogen (secondary N) is 3. The largest absolute Gasteiger partial charge is 0.491 e. The van der Waals surface area contributed by atoms with Gasteiger partial charge in [-0.1, -0.05) is 48.9 Å². The molecule has 0 unspecified atom stereocenters. The van der Waals surface area contributed by atoms with E-state index in [1.165, 1.54) is 0 Å². The molecule has 0 aliphatic heterocycles. The first-order chi connectivity index (χ1) is 18.0. The molecule has 0 saturated heterocycles. The van der Waals surface area contributed by atoms with Crippen molar-refractivity contribution in [1.29, 1.82) is 0 Å². The molecule has 4 N–H and O–H groups in total. The third-order valence-corrected chi connectivity index (χ3v) is 7.51. The van der Waals surface area contributed by atoms with Gasteiger partial charge >= 0.3 is 12.0 Å². The molecule has 3 aromatic rings. The van der Waals surface area contributed by atoms with Crippen LogP contribution in [0.3, 0.4) is 0 Å². The molecule has 0 bridgehead atoms. The number of carbonyl (C=O) groups excluding carboxylic acids is 1. The molecule has 0 heterocycles. The van der Waals surface area contributed by atoms with Crippen molar-refractivity contribution in [3.63, 3.8) is 0 Å². The van der Waals surface area contributed by atoms with Crippen molar-refractivity contribution < 1.29 is 27.9 Å². The quantitative estimate of drug-likeness (QED) is 0.281. The fraction of sp³-hybridized carbons (Fsp3) is 0.286. The van der Waals surface area contributed by atoms with E-state index in [9.17, 15) is 23.1 Å². The maximum Gasteiger partial charge on any atom is 0.325 e. The Kier molecular flexibility index (Phi) is 9.49. The smallest absolute Gasteiger partial charge is 0.325 e. The van der Waals surface area contributed by atoms with Crippen molar-refractivity contribution in [3.8, 4) is 16.9 Å². The van der Waals surface area contributed by atoms with E-state index in [1.54, 1.807) is 56.3 Å². The number of ether oxygens (including phenoxy) is 1. The number of anilines is 1. The van der Waals surface area contributed by atoms with Crippen LogP contribution in [0.2, 0.25) is 0 Å². The zero-order chi connectivity index (χ0) is 27.9. The molecule has 0 spiro atoms. The minimum Gasteiger partial charge on any atom is -0.491 e. The highest BCUT2D eigenvalue weighted by atomic mass is 32.2. The highest BCUT2D eigenvalue weighted by molar-refractivity contribution is 7.89. The predicted molar refractivity (Wildman–Crippen MR) is 147 cm³/mol. The van der Waals surface area contributed by atoms with Crippen LogP contribution in [0, 0.1) is 20.8 Å². The molecule has 202 valence electrons. The highest BCUT2D eigenvalue weighted by Crippen LogP contribution is 2.25. The first kappa shape index (κ1) is 28.7. The summed E-state index contributed by atoms with van der Waals surface area (Å²) < 4.78 is 33.9. The standard InChI is InChI=1S/C28H33N3O6S/c1-5-13-29-28(34)30-23-8-6-7-22(16-23)21-9-11-24(12-10-21)37-17-25(27(32)33)31-38(35,36)26-19(3)14-18(2)15-20(26)4/h6-12,14-16,25,31H,5,13,17H2,1-4H3,(H,32,33)(H2,29,30,34)/t25-/m0/s1. The fourth-order valence-corrected chi connectivity index (χ4v) is 5.73. The average molecular weight is 540 g/mol. The molecule has 2 amide bonds. The van der Waals surface area contributed by atoms with E-state index >= 15 is 0 Å². The van der Waals surface area contributed by atoms with E-state index in [-0.39, 0.29) is 10.9 Å². The Morgan fingerprint density at radius 1 is 0.947 bits per heavy atom. The summed E-state index contributed by atoms with van der Waals surface area (Å²) in [7, 11) is -4.09. The van der Waals surface area contributed by atoms with Crippen molar-refractivity contribution in [2.75, 3.05) is 18.5 Å². The molecule has 0 aliphatic carbocycles. The van der Waals surface area contributed by atoms with Gasteiger partial charge in [-0.25, -0.2) is 13.2 Å². The van der Waals surface area contributed by atoms with Crippen LogP contribution >= 0.6 is 0 Å². The van der Waals surface area contributed by atoms with Crippen LogP contribution in [0.4, 0.5) is 10.5 Å². The molecule has 38 heavy (non-hydrogen) atoms. The normalized spacial score (nSPS) is 12.0. The molecule has 0 saturated carbocycles. The second kappa shape index (κ2) is 12.6. The summed E-state index contributed by atoms with van der Waals surface area (Å²) in [6, 6.07) is 16.0. The Morgan fingerprint density at radius 2 is 1.61 bits per heavy atom. The summed E-state index contributed by atoms with van der Waals surface area (Å²) in [5, 5.41) is 15.2. The van der Waals surface area contributed by atoms with Crippen LogP contribution in [0.15, 0.2) is 65.6 Å². The summed E-state index contributed by atoms with van der Waals surface area (Å²) in [6.45, 7) is 7.38. The van der Waals surface area contributed by atoms with Crippen molar-refractivity contribution >= 4 is 27.7 Å². The lowest BCUT2D eigenvalue weighted by Gasteiger charge is -2.18. The maximum atomic E-state index is 13.0. The summed E-state index contributed by atoms with van der Waals surface area (Å²) in [5.41, 5.74) is 4.36. The van der Waals surface area contributed by atoms with Gasteiger partial charge in [-0.2, -0.15) is 4.72 Å². The maximum absolute atomic E-state index is 13.0. The molecule has 0 aliphatic rings. The van der Waals surface area contributed by atoms with E-state index in [4.69, 9.17) is 4.74 Å². The fourth-order valence-electron chi connectivity index (χ4n) is 4.11. The van der Waals surface area contributed by atoms with Gasteiger partial charge in [0, 0.05) is 12.2 Å². The number of carboxylic acid groups (broad SMARTS) is 1. The molecule has 9 nitrogen and oxygen atoms in total. The number of amides is 2. The molecule has 3 rings (SSSR count). The number of hydrogen-bond donors (Lipinski definition) is 4. The highest BCUT2D eigenvalue weighted by Gasteiger charge is 2.28. The van der Waals surface area contributed by atoms with Crippen molar-refractivity contribution in [1.82, 2.24) is 10.0 Å². The van der Waals surface area contributed by atoms with Crippen molar-refractivity contribution in [2.24, 2.45) is 0 Å². The van der Waals surface area contributed by atoms with Crippen LogP contribution in [0.25, 0.3) is 11.1 Å². The summed E-state index contributed by atoms with van der Waals surface area (Å²) in [5.74, 6) is -0.963. The van der Waals surface area contributed by atoms with Gasteiger partial charge in [-0.3, -0.25) is 4.79 Å². The van der Waals surface area contributed by atoms with E-state index in [0.29, 0.717) is 29.1 Å². The van der Waals surface area contributed by atoms with Crippen LogP contribution < -0.4 is 20.1 Å². The van der Waals surface area contributed by atoms with E-state index in [1.807, 2.05) is 32.0 Å². The van der Waals surface area contributed by atoms with Gasteiger partial charge in [-0.05, 0) is 73.7 Å². The van der Waals surface area contributed by atoms with Crippen LogP contribution in [-0.4, -0.2) is 44.7 Å². The minimum atomic E-state index is -4.09. The molecular formula is C28H33N3O6S. The van der Waals surface area contributed by atoms with Crippen LogP contribution in [-0.2, 0) is 14.8 Å². The number of rotatable bonds is 11. The monoisotopic (exact) mass is 539 g/mol. The van der Waals surface area contributed by atoms with Gasteiger partial charge in [-0.15, -0.1) is 0 Å². The number of benzene rings is 3. The van der Waals surface area contributed by atoms with Gasteiger partial charge in [0.25, 0.3) is 0 Å². The number of hydrogen-bond acceptors (Lipinski definition) is 5. The Morgan fingerprint density at radius 3 is 2.21 bits per heavy atom. The SMILES string of the molecule is CCCNC(=O)Nc1cccc(-c2ccc(OC[C@H](NS(=O)(=O)c3c(C)cc(C)cc3C)C(=O)O)cc2)c1. The van der Waals surface area contributed by atoms with E-state index in [2.05, 4.69) is 15.4 Å². The Hall–Kier alpha value is -3.89. The molecular weight excluding hydrogens is 506 g/mol. The lowest BCUT2D eigenvalue weighted by atomic mass is 10.1. The van der Waals surface area contributed by atoms with Crippen LogP contribution in [0.5, 0.6) is 5.75 Å². The molecule has 0 fully saturated rings. The molecule has 10 heteroatoms. The minimum absolute atomic E-state index is 0.0678. The lowest BCUT2D eigenvalue weighted by Crippen LogP contribution is -2.45. The third kappa shape index (κ3) is 7.56. The Labute approximate surface area is 223 Å². The van der Waals surface area contributed by atoms with Crippen LogP contribution in [0.1, 0.15) is 30.0 Å². The number of carbonyl (C=O) groups is 2. The number of sulfonamides is 1. The Balaban J connectivity index is 1.68. The molecule has 0 aromatic heterocycles. The second-order valence-electron chi connectivity index (χ2n) is 9.04. The summed E-state index contributed by atoms with van der Waals surface area (Å²) in [6.07, 6.45) is 0.840. The Bertz CT molecular complexity index is 1380. The summed E-state index contributed by atoms with van der Waals surface area (Å²) in [4.78, 5) is 23.8.